The van der Waals surface area contributed by atoms with E-state index in [0.717, 1.165) is 55.6 Å². The molecule has 1 aromatic carbocycles. The summed E-state index contributed by atoms with van der Waals surface area (Å²) in [6.07, 6.45) is 1.06. The molecule has 4 rings (SSSR count). The summed E-state index contributed by atoms with van der Waals surface area (Å²) in [6, 6.07) is 10.3. The Balaban J connectivity index is 0.00000117. The minimum absolute atomic E-state index is 0.196. The highest BCUT2D eigenvalue weighted by Crippen LogP contribution is 2.35. The van der Waals surface area contributed by atoms with Gasteiger partial charge in [0.1, 0.15) is 11.6 Å². The molecule has 2 aromatic rings. The van der Waals surface area contributed by atoms with Gasteiger partial charge in [0.2, 0.25) is 5.91 Å². The molecule has 3 heterocycles. The van der Waals surface area contributed by atoms with Gasteiger partial charge in [0, 0.05) is 42.8 Å². The number of benzene rings is 1. The first-order chi connectivity index (χ1) is 14.1. The summed E-state index contributed by atoms with van der Waals surface area (Å²) < 4.78 is 0. The van der Waals surface area contributed by atoms with Crippen LogP contribution in [0.3, 0.4) is 0 Å². The third kappa shape index (κ3) is 5.28. The summed E-state index contributed by atoms with van der Waals surface area (Å²) in [5, 5.41) is 0. The van der Waals surface area contributed by atoms with E-state index in [1.165, 1.54) is 4.90 Å². The SMILES string of the molecule is CC.Cc1cc(N2CCCN(CN3C(=O)CSc4ccccc43)CC2)nc(C)n1. The van der Waals surface area contributed by atoms with E-state index in [1.54, 1.807) is 11.8 Å². The fraction of sp³-hybridized carbons (Fsp3) is 0.500. The predicted molar refractivity (Wildman–Crippen MR) is 121 cm³/mol. The lowest BCUT2D eigenvalue weighted by atomic mass is 10.3. The van der Waals surface area contributed by atoms with E-state index >= 15 is 0 Å². The normalized spacial score (nSPS) is 17.3. The highest BCUT2D eigenvalue weighted by atomic mass is 32.2. The van der Waals surface area contributed by atoms with Crippen molar-refractivity contribution in [2.75, 3.05) is 48.4 Å². The van der Waals surface area contributed by atoms with Crippen LogP contribution in [-0.4, -0.2) is 59.4 Å². The maximum Gasteiger partial charge on any atom is 0.238 e. The Labute approximate surface area is 178 Å². The van der Waals surface area contributed by atoms with Crippen LogP contribution in [0.1, 0.15) is 31.8 Å². The van der Waals surface area contributed by atoms with Crippen LogP contribution < -0.4 is 9.80 Å². The van der Waals surface area contributed by atoms with E-state index in [9.17, 15) is 4.79 Å². The van der Waals surface area contributed by atoms with E-state index in [0.29, 0.717) is 12.4 Å². The van der Waals surface area contributed by atoms with Gasteiger partial charge in [-0.15, -0.1) is 11.8 Å². The second kappa shape index (κ2) is 10.1. The Morgan fingerprint density at radius 2 is 1.83 bits per heavy atom. The molecule has 0 N–H and O–H groups in total. The van der Waals surface area contributed by atoms with Crippen molar-refractivity contribution in [2.45, 2.75) is 39.0 Å². The Morgan fingerprint density at radius 3 is 2.62 bits per heavy atom. The zero-order chi connectivity index (χ0) is 20.8. The van der Waals surface area contributed by atoms with Gasteiger partial charge in [-0.2, -0.15) is 0 Å². The van der Waals surface area contributed by atoms with Gasteiger partial charge >= 0.3 is 0 Å². The number of nitrogens with zero attached hydrogens (tertiary/aromatic N) is 5. The molecule has 0 saturated carbocycles. The van der Waals surface area contributed by atoms with E-state index in [1.807, 2.05) is 44.7 Å². The zero-order valence-electron chi connectivity index (χ0n) is 17.9. The molecule has 0 aliphatic carbocycles. The Morgan fingerprint density at radius 1 is 1.03 bits per heavy atom. The maximum absolute atomic E-state index is 12.5. The molecule has 0 spiro atoms. The summed E-state index contributed by atoms with van der Waals surface area (Å²) in [7, 11) is 0. The summed E-state index contributed by atoms with van der Waals surface area (Å²) in [6.45, 7) is 12.4. The number of thioether (sulfide) groups is 1. The van der Waals surface area contributed by atoms with Crippen molar-refractivity contribution in [3.05, 3.63) is 41.9 Å². The minimum atomic E-state index is 0.196. The van der Waals surface area contributed by atoms with Gasteiger partial charge in [-0.05, 0) is 32.4 Å². The molecule has 1 fully saturated rings. The van der Waals surface area contributed by atoms with Gasteiger partial charge in [-0.3, -0.25) is 14.6 Å². The first-order valence-electron chi connectivity index (χ1n) is 10.4. The monoisotopic (exact) mass is 413 g/mol. The third-order valence-corrected chi connectivity index (χ3v) is 6.06. The molecule has 0 atom stereocenters. The Bertz CT molecular complexity index is 823. The summed E-state index contributed by atoms with van der Waals surface area (Å²) in [5.74, 6) is 2.55. The fourth-order valence-electron chi connectivity index (χ4n) is 3.71. The van der Waals surface area contributed by atoms with Gasteiger partial charge in [-0.25, -0.2) is 9.97 Å². The first kappa shape index (κ1) is 21.6. The molecule has 1 saturated heterocycles. The molecular weight excluding hydrogens is 382 g/mol. The van der Waals surface area contributed by atoms with Crippen LogP contribution >= 0.6 is 11.8 Å². The molecule has 2 aliphatic heterocycles. The average Bonchev–Trinajstić information content (AvgIpc) is 2.97. The number of aromatic nitrogens is 2. The first-order valence-corrected chi connectivity index (χ1v) is 11.4. The molecule has 29 heavy (non-hydrogen) atoms. The molecule has 0 radical (unpaired) electrons. The van der Waals surface area contributed by atoms with Crippen molar-refractivity contribution < 1.29 is 4.79 Å². The van der Waals surface area contributed by atoms with Crippen molar-refractivity contribution in [3.63, 3.8) is 0 Å². The van der Waals surface area contributed by atoms with Crippen molar-refractivity contribution in [1.82, 2.24) is 14.9 Å². The topological polar surface area (TPSA) is 52.6 Å². The molecule has 7 heteroatoms. The maximum atomic E-state index is 12.5. The molecule has 1 amide bonds. The quantitative estimate of drug-likeness (QED) is 0.764. The summed E-state index contributed by atoms with van der Waals surface area (Å²) >= 11 is 1.63. The average molecular weight is 414 g/mol. The molecule has 156 valence electrons. The van der Waals surface area contributed by atoms with E-state index in [4.69, 9.17) is 0 Å². The van der Waals surface area contributed by atoms with E-state index in [-0.39, 0.29) is 5.91 Å². The number of amides is 1. The summed E-state index contributed by atoms with van der Waals surface area (Å²) in [5.41, 5.74) is 2.05. The lowest BCUT2D eigenvalue weighted by Crippen LogP contribution is -2.45. The van der Waals surface area contributed by atoms with Gasteiger partial charge in [0.05, 0.1) is 18.1 Å². The molecule has 0 unspecified atom stereocenters. The van der Waals surface area contributed by atoms with Crippen molar-refractivity contribution in [1.29, 1.82) is 0 Å². The number of hydrogen-bond acceptors (Lipinski definition) is 6. The zero-order valence-corrected chi connectivity index (χ0v) is 18.7. The predicted octanol–water partition coefficient (Wildman–Crippen LogP) is 3.73. The van der Waals surface area contributed by atoms with Crippen molar-refractivity contribution in [3.8, 4) is 0 Å². The third-order valence-electron chi connectivity index (χ3n) is 5.01. The van der Waals surface area contributed by atoms with Gasteiger partial charge < -0.3 is 4.90 Å². The molecule has 6 nitrogen and oxygen atoms in total. The Kier molecular flexibility index (Phi) is 7.50. The summed E-state index contributed by atoms with van der Waals surface area (Å²) in [4.78, 5) is 29.4. The number of hydrogen-bond donors (Lipinski definition) is 0. The van der Waals surface area contributed by atoms with Crippen LogP contribution in [-0.2, 0) is 4.79 Å². The highest BCUT2D eigenvalue weighted by molar-refractivity contribution is 8.00. The van der Waals surface area contributed by atoms with Gasteiger partial charge in [0.15, 0.2) is 0 Å². The molecule has 1 aromatic heterocycles. The lowest BCUT2D eigenvalue weighted by molar-refractivity contribution is -0.116. The Hall–Kier alpha value is -2.12. The smallest absolute Gasteiger partial charge is 0.238 e. The van der Waals surface area contributed by atoms with Crippen molar-refractivity contribution in [2.24, 2.45) is 0 Å². The fourth-order valence-corrected chi connectivity index (χ4v) is 4.65. The number of aryl methyl sites for hydroxylation is 2. The van der Waals surface area contributed by atoms with Crippen LogP contribution in [0.25, 0.3) is 0 Å². The number of anilines is 2. The number of fused-ring (bicyclic) bond motifs is 1. The standard InChI is InChI=1S/C20H25N5OS.C2H6/c1-15-12-19(22-16(2)21-15)24-9-5-8-23(10-11-24)14-25-17-6-3-4-7-18(17)27-13-20(25)26;1-2/h3-4,6-7,12H,5,8-11,13-14H2,1-2H3;1-2H3. The number of para-hydroxylation sites is 1. The van der Waals surface area contributed by atoms with Gasteiger partial charge in [-0.1, -0.05) is 26.0 Å². The van der Waals surface area contributed by atoms with Crippen LogP contribution in [0.2, 0.25) is 0 Å². The second-order valence-corrected chi connectivity index (χ2v) is 8.11. The minimum Gasteiger partial charge on any atom is -0.355 e. The van der Waals surface area contributed by atoms with Crippen LogP contribution in [0.4, 0.5) is 11.5 Å². The van der Waals surface area contributed by atoms with E-state index in [2.05, 4.69) is 38.0 Å². The second-order valence-electron chi connectivity index (χ2n) is 7.09. The highest BCUT2D eigenvalue weighted by Gasteiger charge is 2.27. The molecule has 0 bridgehead atoms. The molecular formula is C22H31N5OS. The largest absolute Gasteiger partial charge is 0.355 e. The lowest BCUT2D eigenvalue weighted by Gasteiger charge is -2.33. The number of rotatable bonds is 3. The number of carbonyl (C=O) groups excluding carboxylic acids is 1. The number of carbonyl (C=O) groups is 1. The van der Waals surface area contributed by atoms with Gasteiger partial charge in [0.25, 0.3) is 0 Å². The van der Waals surface area contributed by atoms with Crippen LogP contribution in [0, 0.1) is 13.8 Å². The van der Waals surface area contributed by atoms with Crippen molar-refractivity contribution >= 4 is 29.2 Å². The van der Waals surface area contributed by atoms with E-state index < -0.39 is 0 Å². The van der Waals surface area contributed by atoms with Crippen LogP contribution in [0.5, 0.6) is 0 Å². The molecule has 2 aliphatic rings. The van der Waals surface area contributed by atoms with Crippen LogP contribution in [0.15, 0.2) is 35.2 Å².